The van der Waals surface area contributed by atoms with Crippen molar-refractivity contribution in [1.82, 2.24) is 9.78 Å². The predicted molar refractivity (Wildman–Crippen MR) is 46.0 cm³/mol. The first-order chi connectivity index (χ1) is 5.96. The van der Waals surface area contributed by atoms with Crippen LogP contribution in [0.3, 0.4) is 0 Å². The van der Waals surface area contributed by atoms with Gasteiger partial charge >= 0.3 is 58.4 Å². The summed E-state index contributed by atoms with van der Waals surface area (Å²) in [7, 11) is 0. The van der Waals surface area contributed by atoms with Gasteiger partial charge in [-0.15, -0.1) is 0 Å². The van der Waals surface area contributed by atoms with Crippen molar-refractivity contribution in [1.29, 1.82) is 0 Å². The maximum atomic E-state index is 12.3. The molecule has 1 aromatic heterocycles. The summed E-state index contributed by atoms with van der Waals surface area (Å²) in [5.74, 6) is 0. The molecule has 0 aliphatic carbocycles. The molecule has 7 heteroatoms. The summed E-state index contributed by atoms with van der Waals surface area (Å²) in [5.41, 5.74) is -0.359. The monoisotopic (exact) mass is 230 g/mol. The van der Waals surface area contributed by atoms with E-state index in [0.717, 1.165) is 12.6 Å². The van der Waals surface area contributed by atoms with Crippen LogP contribution in [0.4, 0.5) is 12.9 Å². The molecule has 0 aliphatic heterocycles. The fraction of sp³-hybridized carbons (Fsp3) is 0.571. The molecule has 1 heterocycles. The molecule has 1 aromatic rings. The summed E-state index contributed by atoms with van der Waals surface area (Å²) in [4.78, 5) is 0. The Morgan fingerprint density at radius 3 is 2.36 bits per heavy atom. The van der Waals surface area contributed by atoms with E-state index < -0.39 is 12.4 Å². The largest absolute Gasteiger partial charge is 1.00 e. The zero-order chi connectivity index (χ0) is 10.1. The van der Waals surface area contributed by atoms with Gasteiger partial charge in [0, 0.05) is 18.4 Å². The molecule has 0 radical (unpaired) electrons. The van der Waals surface area contributed by atoms with Crippen LogP contribution >= 0.6 is 0 Å². The number of nitrogens with zero attached hydrogens (tertiary/aromatic N) is 2. The second-order valence-electron chi connectivity index (χ2n) is 2.98. The Morgan fingerprint density at radius 2 is 2.00 bits per heavy atom. The first kappa shape index (κ1) is 14.7. The van der Waals surface area contributed by atoms with E-state index in [1.807, 2.05) is 6.92 Å². The van der Waals surface area contributed by atoms with Crippen LogP contribution in [-0.2, 0) is 6.54 Å². The Balaban J connectivity index is 0.00000169. The van der Waals surface area contributed by atoms with Crippen LogP contribution < -0.4 is 56.8 Å². The maximum Gasteiger partial charge on any atom is 1.00 e. The molecule has 0 aromatic carbocycles. The molecule has 0 unspecified atom stereocenters. The van der Waals surface area contributed by atoms with Crippen LogP contribution in [0.25, 0.3) is 0 Å². The molecular formula is C7H11BF3KN2. The fourth-order valence-corrected chi connectivity index (χ4v) is 1.22. The van der Waals surface area contributed by atoms with Gasteiger partial charge in [-0.25, -0.2) is 0 Å². The van der Waals surface area contributed by atoms with Crippen molar-refractivity contribution in [3.63, 3.8) is 0 Å². The van der Waals surface area contributed by atoms with E-state index in [4.69, 9.17) is 0 Å². The number of halogens is 3. The summed E-state index contributed by atoms with van der Waals surface area (Å²) < 4.78 is 38.3. The van der Waals surface area contributed by atoms with E-state index in [1.54, 1.807) is 0 Å². The number of rotatable bonds is 3. The molecule has 2 nitrogen and oxygen atoms in total. The number of aromatic nitrogens is 2. The molecule has 0 saturated carbocycles. The minimum Gasteiger partial charge on any atom is -0.445 e. The molecule has 0 bridgehead atoms. The van der Waals surface area contributed by atoms with Gasteiger partial charge in [0.2, 0.25) is 0 Å². The van der Waals surface area contributed by atoms with E-state index >= 15 is 0 Å². The molecule has 0 amide bonds. The van der Waals surface area contributed by atoms with Gasteiger partial charge in [0.05, 0.1) is 0 Å². The van der Waals surface area contributed by atoms with Gasteiger partial charge in [-0.05, 0) is 13.3 Å². The Hall–Kier alpha value is 0.701. The summed E-state index contributed by atoms with van der Waals surface area (Å²) in [5, 5.41) is 3.68. The van der Waals surface area contributed by atoms with E-state index in [9.17, 15) is 12.9 Å². The predicted octanol–water partition coefficient (Wildman–Crippen LogP) is -1.34. The van der Waals surface area contributed by atoms with Crippen LogP contribution in [0, 0.1) is 6.92 Å². The van der Waals surface area contributed by atoms with Crippen LogP contribution in [0.5, 0.6) is 0 Å². The van der Waals surface area contributed by atoms with Gasteiger partial charge in [-0.2, -0.15) is 5.10 Å². The number of aryl methyl sites for hydroxylation is 1. The standard InChI is InChI=1S/C7H11BF3N2.K/c1-3-4-13-6(2)7(5-12-13)8(9,10)11;/h5H,3-4H2,1-2H3;/q-1;+1. The molecule has 0 atom stereocenters. The topological polar surface area (TPSA) is 17.8 Å². The van der Waals surface area contributed by atoms with Crippen LogP contribution in [-0.4, -0.2) is 16.8 Å². The van der Waals surface area contributed by atoms with E-state index in [1.165, 1.54) is 11.6 Å². The van der Waals surface area contributed by atoms with Gasteiger partial charge in [-0.1, -0.05) is 12.4 Å². The van der Waals surface area contributed by atoms with Gasteiger partial charge < -0.3 is 12.9 Å². The van der Waals surface area contributed by atoms with E-state index in [2.05, 4.69) is 5.10 Å². The Bertz CT molecular complexity index is 298. The molecule has 0 aliphatic rings. The zero-order valence-corrected chi connectivity index (χ0v) is 11.7. The summed E-state index contributed by atoms with van der Waals surface area (Å²) in [6.07, 6.45) is 1.69. The van der Waals surface area contributed by atoms with Gasteiger partial charge in [0.1, 0.15) is 0 Å². The Morgan fingerprint density at radius 1 is 1.43 bits per heavy atom. The third kappa shape index (κ3) is 3.37. The van der Waals surface area contributed by atoms with Crippen molar-refractivity contribution in [2.45, 2.75) is 26.8 Å². The maximum absolute atomic E-state index is 12.3. The van der Waals surface area contributed by atoms with Gasteiger partial charge in [0.25, 0.3) is 0 Å². The number of hydrogen-bond donors (Lipinski definition) is 0. The molecule has 0 spiro atoms. The molecular weight excluding hydrogens is 219 g/mol. The second-order valence-corrected chi connectivity index (χ2v) is 2.98. The molecule has 1 rings (SSSR count). The van der Waals surface area contributed by atoms with Crippen molar-refractivity contribution in [3.05, 3.63) is 11.9 Å². The minimum atomic E-state index is -4.91. The Kier molecular flexibility index (Phi) is 5.98. The van der Waals surface area contributed by atoms with Crippen LogP contribution in [0.15, 0.2) is 6.20 Å². The van der Waals surface area contributed by atoms with Gasteiger partial charge in [0.15, 0.2) is 0 Å². The third-order valence-corrected chi connectivity index (χ3v) is 1.93. The van der Waals surface area contributed by atoms with E-state index in [-0.39, 0.29) is 57.1 Å². The quantitative estimate of drug-likeness (QED) is 0.588. The zero-order valence-electron chi connectivity index (χ0n) is 8.60. The summed E-state index contributed by atoms with van der Waals surface area (Å²) in [6, 6.07) is 0. The normalized spacial score (nSPS) is 11.2. The molecule has 0 fully saturated rings. The Labute approximate surface area is 124 Å². The van der Waals surface area contributed by atoms with Crippen molar-refractivity contribution in [2.24, 2.45) is 0 Å². The molecule has 0 N–H and O–H groups in total. The smallest absolute Gasteiger partial charge is 0.445 e. The fourth-order valence-electron chi connectivity index (χ4n) is 1.22. The van der Waals surface area contributed by atoms with Crippen LogP contribution in [0.1, 0.15) is 19.0 Å². The molecule has 14 heavy (non-hydrogen) atoms. The molecule has 0 saturated heterocycles. The summed E-state index contributed by atoms with van der Waals surface area (Å²) in [6.45, 7) is -1.01. The average Bonchev–Trinajstić information content (AvgIpc) is 2.32. The summed E-state index contributed by atoms with van der Waals surface area (Å²) >= 11 is 0. The minimum absolute atomic E-state index is 0. The first-order valence-electron chi connectivity index (χ1n) is 4.19. The van der Waals surface area contributed by atoms with Crippen molar-refractivity contribution in [3.8, 4) is 0 Å². The van der Waals surface area contributed by atoms with Gasteiger partial charge in [-0.3, -0.25) is 4.68 Å². The SMILES string of the molecule is CCCn1ncc([B-](F)(F)F)c1C.[K+]. The number of hydrogen-bond acceptors (Lipinski definition) is 1. The van der Waals surface area contributed by atoms with Crippen LogP contribution in [0.2, 0.25) is 0 Å². The third-order valence-electron chi connectivity index (χ3n) is 1.93. The molecule has 74 valence electrons. The first-order valence-corrected chi connectivity index (χ1v) is 4.19. The van der Waals surface area contributed by atoms with Crippen molar-refractivity contribution >= 4 is 12.4 Å². The van der Waals surface area contributed by atoms with Crippen molar-refractivity contribution in [2.75, 3.05) is 0 Å². The second kappa shape index (κ2) is 5.69. The average molecular weight is 230 g/mol. The van der Waals surface area contributed by atoms with Crippen molar-refractivity contribution < 1.29 is 64.3 Å². The van der Waals surface area contributed by atoms with E-state index in [0.29, 0.717) is 6.54 Å².